The molecule has 1 aromatic heterocycles. The van der Waals surface area contributed by atoms with Crippen LogP contribution in [0.2, 0.25) is 0 Å². The van der Waals surface area contributed by atoms with Crippen molar-refractivity contribution < 1.29 is 14.3 Å². The summed E-state index contributed by atoms with van der Waals surface area (Å²) in [4.78, 5) is 28.3. The third-order valence-corrected chi connectivity index (χ3v) is 6.96. The maximum absolute atomic E-state index is 12.9. The number of nitrogens with zero attached hydrogens (tertiary/aromatic N) is 1. The van der Waals surface area contributed by atoms with Gasteiger partial charge in [-0.2, -0.15) is 0 Å². The summed E-state index contributed by atoms with van der Waals surface area (Å²) in [5, 5.41) is 2.06. The molecule has 0 aliphatic carbocycles. The highest BCUT2D eigenvalue weighted by molar-refractivity contribution is 7.13. The van der Waals surface area contributed by atoms with E-state index in [-0.39, 0.29) is 11.8 Å². The predicted molar refractivity (Wildman–Crippen MR) is 123 cm³/mol. The van der Waals surface area contributed by atoms with Gasteiger partial charge in [-0.1, -0.05) is 42.5 Å². The second-order valence-electron chi connectivity index (χ2n) is 8.09. The van der Waals surface area contributed by atoms with Gasteiger partial charge in [0.25, 0.3) is 0 Å². The molecule has 2 amide bonds. The molecule has 5 nitrogen and oxygen atoms in total. The average molecular weight is 435 g/mol. The normalized spacial score (nSPS) is 18.2. The Morgan fingerprint density at radius 1 is 1.06 bits per heavy atom. The number of nitrogens with two attached hydrogens (primary N) is 1. The molecule has 2 N–H and O–H groups in total. The van der Waals surface area contributed by atoms with Gasteiger partial charge in [-0.3, -0.25) is 9.59 Å². The first-order valence-corrected chi connectivity index (χ1v) is 11.2. The number of primary amides is 1. The van der Waals surface area contributed by atoms with Crippen molar-refractivity contribution in [1.29, 1.82) is 0 Å². The number of rotatable bonds is 7. The number of methoxy groups -OCH3 is 1. The first-order chi connectivity index (χ1) is 15.0. The van der Waals surface area contributed by atoms with Gasteiger partial charge in [0.15, 0.2) is 0 Å². The zero-order chi connectivity index (χ0) is 21.8. The lowest BCUT2D eigenvalue weighted by Gasteiger charge is -2.26. The number of hydrogen-bond acceptors (Lipinski definition) is 4. The SMILES string of the molecule is COc1ccc(CC(=O)N2CC[C@](Cc3ccc(-c4cccs4)cc3)(C(N)=O)C2)cc1. The van der Waals surface area contributed by atoms with Crippen LogP contribution in [-0.2, 0) is 22.4 Å². The number of likely N-dealkylation sites (tertiary alicyclic amines) is 1. The summed E-state index contributed by atoms with van der Waals surface area (Å²) < 4.78 is 5.17. The number of carbonyl (C=O) groups excluding carboxylic acids is 2. The zero-order valence-electron chi connectivity index (χ0n) is 17.5. The molecule has 0 saturated carbocycles. The molecule has 0 radical (unpaired) electrons. The van der Waals surface area contributed by atoms with Crippen LogP contribution in [0.1, 0.15) is 17.5 Å². The summed E-state index contributed by atoms with van der Waals surface area (Å²) in [6.07, 6.45) is 1.43. The van der Waals surface area contributed by atoms with E-state index in [0.29, 0.717) is 32.4 Å². The number of thiophene rings is 1. The highest BCUT2D eigenvalue weighted by Gasteiger charge is 2.44. The number of benzene rings is 2. The molecule has 0 bridgehead atoms. The highest BCUT2D eigenvalue weighted by Crippen LogP contribution is 2.35. The van der Waals surface area contributed by atoms with Crippen LogP contribution >= 0.6 is 11.3 Å². The third-order valence-electron chi connectivity index (χ3n) is 6.05. The van der Waals surface area contributed by atoms with Crippen LogP contribution in [0.15, 0.2) is 66.0 Å². The Hall–Kier alpha value is -3.12. The zero-order valence-corrected chi connectivity index (χ0v) is 18.4. The van der Waals surface area contributed by atoms with Crippen LogP contribution in [0, 0.1) is 5.41 Å². The van der Waals surface area contributed by atoms with E-state index in [2.05, 4.69) is 35.7 Å². The van der Waals surface area contributed by atoms with E-state index in [1.807, 2.05) is 30.3 Å². The highest BCUT2D eigenvalue weighted by atomic mass is 32.1. The van der Waals surface area contributed by atoms with Crippen LogP contribution in [-0.4, -0.2) is 36.9 Å². The van der Waals surface area contributed by atoms with Gasteiger partial charge < -0.3 is 15.4 Å². The van der Waals surface area contributed by atoms with Crippen LogP contribution in [0.4, 0.5) is 0 Å². The van der Waals surface area contributed by atoms with Gasteiger partial charge in [-0.15, -0.1) is 11.3 Å². The lowest BCUT2D eigenvalue weighted by Crippen LogP contribution is -2.42. The van der Waals surface area contributed by atoms with Gasteiger partial charge in [-0.25, -0.2) is 0 Å². The van der Waals surface area contributed by atoms with Crippen molar-refractivity contribution in [2.45, 2.75) is 19.3 Å². The maximum atomic E-state index is 12.9. The molecule has 31 heavy (non-hydrogen) atoms. The quantitative estimate of drug-likeness (QED) is 0.613. The Bertz CT molecular complexity index is 1050. The molecule has 1 saturated heterocycles. The van der Waals surface area contributed by atoms with E-state index in [0.717, 1.165) is 22.4 Å². The Morgan fingerprint density at radius 3 is 2.39 bits per heavy atom. The minimum Gasteiger partial charge on any atom is -0.497 e. The number of carbonyl (C=O) groups is 2. The summed E-state index contributed by atoms with van der Waals surface area (Å²) in [5.41, 5.74) is 8.27. The Kier molecular flexibility index (Phi) is 6.09. The van der Waals surface area contributed by atoms with E-state index in [4.69, 9.17) is 10.5 Å². The Labute approximate surface area is 186 Å². The largest absolute Gasteiger partial charge is 0.497 e. The third kappa shape index (κ3) is 4.64. The fourth-order valence-electron chi connectivity index (χ4n) is 4.17. The van der Waals surface area contributed by atoms with Crippen molar-refractivity contribution in [3.8, 4) is 16.2 Å². The minimum absolute atomic E-state index is 0.0151. The second kappa shape index (κ2) is 8.94. The average Bonchev–Trinajstić information content (AvgIpc) is 3.46. The van der Waals surface area contributed by atoms with Crippen molar-refractivity contribution in [3.05, 3.63) is 77.2 Å². The number of hydrogen-bond donors (Lipinski definition) is 1. The minimum atomic E-state index is -0.722. The molecule has 2 aromatic carbocycles. The molecule has 1 fully saturated rings. The van der Waals surface area contributed by atoms with Crippen molar-refractivity contribution in [2.24, 2.45) is 11.1 Å². The standard InChI is InChI=1S/C25H26N2O3S/c1-30-21-10-6-18(7-11-21)15-23(28)27-13-12-25(17-27,24(26)29)16-19-4-8-20(9-5-19)22-3-2-14-31-22/h2-11,14H,12-13,15-17H2,1H3,(H2,26,29)/t25-/m1/s1. The van der Waals surface area contributed by atoms with Crippen molar-refractivity contribution in [3.63, 3.8) is 0 Å². The molecule has 4 rings (SSSR count). The van der Waals surface area contributed by atoms with Gasteiger partial charge in [-0.05, 0) is 53.1 Å². The molecular formula is C25H26N2O3S. The summed E-state index contributed by atoms with van der Waals surface area (Å²) in [6, 6.07) is 19.9. The van der Waals surface area contributed by atoms with E-state index >= 15 is 0 Å². The molecule has 1 aliphatic heterocycles. The number of ether oxygens (including phenoxy) is 1. The van der Waals surface area contributed by atoms with Crippen molar-refractivity contribution >= 4 is 23.2 Å². The van der Waals surface area contributed by atoms with E-state index < -0.39 is 5.41 Å². The molecule has 3 aromatic rings. The first kappa shape index (κ1) is 21.1. The van der Waals surface area contributed by atoms with Crippen LogP contribution in [0.25, 0.3) is 10.4 Å². The smallest absolute Gasteiger partial charge is 0.227 e. The molecule has 0 spiro atoms. The lowest BCUT2D eigenvalue weighted by molar-refractivity contribution is -0.131. The van der Waals surface area contributed by atoms with Crippen LogP contribution < -0.4 is 10.5 Å². The summed E-state index contributed by atoms with van der Waals surface area (Å²) in [5.74, 6) is 0.436. The number of amides is 2. The molecule has 2 heterocycles. The van der Waals surface area contributed by atoms with Gasteiger partial charge >= 0.3 is 0 Å². The van der Waals surface area contributed by atoms with Crippen LogP contribution in [0.5, 0.6) is 5.75 Å². The fraction of sp³-hybridized carbons (Fsp3) is 0.280. The summed E-state index contributed by atoms with van der Waals surface area (Å²) in [7, 11) is 1.61. The van der Waals surface area contributed by atoms with Crippen LogP contribution in [0.3, 0.4) is 0 Å². The van der Waals surface area contributed by atoms with Gasteiger partial charge in [0, 0.05) is 18.0 Å². The molecule has 160 valence electrons. The summed E-state index contributed by atoms with van der Waals surface area (Å²) >= 11 is 1.70. The van der Waals surface area contributed by atoms with Gasteiger partial charge in [0.2, 0.25) is 11.8 Å². The maximum Gasteiger partial charge on any atom is 0.227 e. The van der Waals surface area contributed by atoms with Crippen molar-refractivity contribution in [1.82, 2.24) is 4.90 Å². The topological polar surface area (TPSA) is 72.6 Å². The van der Waals surface area contributed by atoms with E-state index in [1.165, 1.54) is 4.88 Å². The molecule has 1 aliphatic rings. The van der Waals surface area contributed by atoms with Gasteiger partial charge in [0.1, 0.15) is 5.75 Å². The van der Waals surface area contributed by atoms with Gasteiger partial charge in [0.05, 0.1) is 18.9 Å². The first-order valence-electron chi connectivity index (χ1n) is 10.3. The molecule has 6 heteroatoms. The Morgan fingerprint density at radius 2 is 1.77 bits per heavy atom. The van der Waals surface area contributed by atoms with E-state index in [1.54, 1.807) is 23.3 Å². The van der Waals surface area contributed by atoms with Crippen molar-refractivity contribution in [2.75, 3.05) is 20.2 Å². The predicted octanol–water partition coefficient (Wildman–Crippen LogP) is 3.91. The molecule has 1 atom stereocenters. The fourth-order valence-corrected chi connectivity index (χ4v) is 4.90. The lowest BCUT2D eigenvalue weighted by atomic mass is 9.80. The Balaban J connectivity index is 1.43. The monoisotopic (exact) mass is 434 g/mol. The molecular weight excluding hydrogens is 408 g/mol. The molecule has 0 unspecified atom stereocenters. The summed E-state index contributed by atoms with van der Waals surface area (Å²) in [6.45, 7) is 0.912. The van der Waals surface area contributed by atoms with E-state index in [9.17, 15) is 9.59 Å². The second-order valence-corrected chi connectivity index (χ2v) is 9.03.